The molecule has 0 fully saturated rings. The van der Waals surface area contributed by atoms with Gasteiger partial charge in [0, 0.05) is 5.56 Å². The van der Waals surface area contributed by atoms with E-state index in [1.165, 1.54) is 34.5 Å². The molecule has 3 N–H and O–H groups in total. The van der Waals surface area contributed by atoms with Gasteiger partial charge in [0.1, 0.15) is 23.1 Å². The van der Waals surface area contributed by atoms with Crippen LogP contribution in [0.2, 0.25) is 0 Å². The fraction of sp³-hybridized carbons (Fsp3) is 0.423. The third-order valence-corrected chi connectivity index (χ3v) is 5.21. The van der Waals surface area contributed by atoms with E-state index in [1.807, 2.05) is 0 Å². The molecule has 0 bridgehead atoms. The summed E-state index contributed by atoms with van der Waals surface area (Å²) in [6.45, 7) is 6.88. The molecule has 2 atom stereocenters. The molecule has 11 heteroatoms. The second kappa shape index (κ2) is 12.3. The molecule has 0 spiro atoms. The molecule has 2 aromatic rings. The number of ether oxygens (including phenoxy) is 6. The summed E-state index contributed by atoms with van der Waals surface area (Å²) in [6, 6.07) is 5.63. The number of benzene rings is 2. The first-order valence-electron chi connectivity index (χ1n) is 11.3. The summed E-state index contributed by atoms with van der Waals surface area (Å²) >= 11 is 0. The van der Waals surface area contributed by atoms with Crippen molar-refractivity contribution in [3.63, 3.8) is 0 Å². The standard InChI is InChI=1S/C26H34N2O9/c1-14-18(33-6)12-16(21(27)23(29)34-7)13-19(14)36-20-11-15(9-10-17(20)32-5)22(24(30)35-8)28-25(31)37-26(2,3)4/h9-13,21-22H,27H2,1-8H3,(H,28,31)/t21-,22+/m0/s1. The van der Waals surface area contributed by atoms with Crippen molar-refractivity contribution in [1.82, 2.24) is 5.32 Å². The highest BCUT2D eigenvalue weighted by atomic mass is 16.6. The van der Waals surface area contributed by atoms with Crippen LogP contribution >= 0.6 is 0 Å². The summed E-state index contributed by atoms with van der Waals surface area (Å²) in [5, 5.41) is 2.52. The van der Waals surface area contributed by atoms with Gasteiger partial charge >= 0.3 is 18.0 Å². The third-order valence-electron chi connectivity index (χ3n) is 5.21. The minimum Gasteiger partial charge on any atom is -0.496 e. The Hall–Kier alpha value is -3.99. The number of esters is 2. The maximum absolute atomic E-state index is 12.5. The number of rotatable bonds is 9. The Morgan fingerprint density at radius 3 is 1.92 bits per heavy atom. The second-order valence-electron chi connectivity index (χ2n) is 8.96. The van der Waals surface area contributed by atoms with E-state index in [1.54, 1.807) is 52.0 Å². The predicted octanol–water partition coefficient (Wildman–Crippen LogP) is 3.72. The van der Waals surface area contributed by atoms with Crippen molar-refractivity contribution in [3.05, 3.63) is 47.0 Å². The van der Waals surface area contributed by atoms with Gasteiger partial charge in [0.25, 0.3) is 0 Å². The molecule has 37 heavy (non-hydrogen) atoms. The van der Waals surface area contributed by atoms with Crippen LogP contribution in [0.25, 0.3) is 0 Å². The van der Waals surface area contributed by atoms with Crippen LogP contribution in [-0.2, 0) is 23.8 Å². The van der Waals surface area contributed by atoms with Crippen LogP contribution in [0, 0.1) is 6.92 Å². The first-order valence-corrected chi connectivity index (χ1v) is 11.3. The number of nitrogens with one attached hydrogen (secondary N) is 1. The Morgan fingerprint density at radius 2 is 1.38 bits per heavy atom. The van der Waals surface area contributed by atoms with E-state index in [4.69, 9.17) is 34.2 Å². The van der Waals surface area contributed by atoms with E-state index in [9.17, 15) is 14.4 Å². The van der Waals surface area contributed by atoms with Gasteiger partial charge in [0.2, 0.25) is 0 Å². The zero-order valence-corrected chi connectivity index (χ0v) is 22.3. The first-order chi connectivity index (χ1) is 17.3. The normalized spacial score (nSPS) is 12.6. The maximum Gasteiger partial charge on any atom is 0.408 e. The number of hydrogen-bond donors (Lipinski definition) is 2. The Balaban J connectivity index is 2.53. The van der Waals surface area contributed by atoms with Gasteiger partial charge in [-0.05, 0) is 63.1 Å². The molecule has 0 saturated heterocycles. The summed E-state index contributed by atoms with van der Waals surface area (Å²) in [6.07, 6.45) is -0.800. The smallest absolute Gasteiger partial charge is 0.408 e. The zero-order valence-electron chi connectivity index (χ0n) is 22.3. The summed E-state index contributed by atoms with van der Waals surface area (Å²) in [5.41, 5.74) is 6.62. The lowest BCUT2D eigenvalue weighted by Gasteiger charge is -2.23. The SMILES string of the molecule is COC(=O)[C@@H](N)c1cc(OC)c(C)c(Oc2cc([C@@H](NC(=O)OC(C)(C)C)C(=O)OC)ccc2OC)c1. The van der Waals surface area contributed by atoms with Crippen LogP contribution in [0.3, 0.4) is 0 Å². The molecule has 1 amide bonds. The van der Waals surface area contributed by atoms with E-state index in [0.717, 1.165) is 0 Å². The highest BCUT2D eigenvalue weighted by molar-refractivity contribution is 5.83. The van der Waals surface area contributed by atoms with E-state index >= 15 is 0 Å². The average molecular weight is 519 g/mol. The maximum atomic E-state index is 12.5. The number of hydrogen-bond acceptors (Lipinski definition) is 10. The molecule has 0 radical (unpaired) electrons. The number of carbonyl (C=O) groups excluding carboxylic acids is 3. The monoisotopic (exact) mass is 518 g/mol. The molecule has 0 saturated carbocycles. The van der Waals surface area contributed by atoms with Crippen LogP contribution in [-0.4, -0.2) is 52.1 Å². The van der Waals surface area contributed by atoms with Crippen LogP contribution < -0.4 is 25.3 Å². The number of carbonyl (C=O) groups is 3. The number of alkyl carbamates (subject to hydrolysis) is 1. The predicted molar refractivity (Wildman–Crippen MR) is 134 cm³/mol. The number of nitrogens with two attached hydrogens (primary N) is 1. The van der Waals surface area contributed by atoms with Crippen LogP contribution in [0.1, 0.15) is 49.5 Å². The Kier molecular flexibility index (Phi) is 9.73. The molecular weight excluding hydrogens is 484 g/mol. The fourth-order valence-corrected chi connectivity index (χ4v) is 3.34. The van der Waals surface area contributed by atoms with Crippen molar-refractivity contribution in [1.29, 1.82) is 0 Å². The molecular formula is C26H34N2O9. The Labute approximate surface area is 216 Å². The van der Waals surface area contributed by atoms with Gasteiger partial charge < -0.3 is 39.5 Å². The summed E-state index contributed by atoms with van der Waals surface area (Å²) in [7, 11) is 5.38. The average Bonchev–Trinajstić information content (AvgIpc) is 2.85. The van der Waals surface area contributed by atoms with Gasteiger partial charge in [0.05, 0.1) is 28.4 Å². The van der Waals surface area contributed by atoms with E-state index in [2.05, 4.69) is 5.32 Å². The lowest BCUT2D eigenvalue weighted by Crippen LogP contribution is -2.38. The zero-order chi connectivity index (χ0) is 27.9. The minimum absolute atomic E-state index is 0.217. The third kappa shape index (κ3) is 7.50. The molecule has 2 aromatic carbocycles. The Morgan fingerprint density at radius 1 is 0.811 bits per heavy atom. The topological polar surface area (TPSA) is 145 Å². The lowest BCUT2D eigenvalue weighted by molar-refractivity contribution is -0.143. The van der Waals surface area contributed by atoms with Gasteiger partial charge in [-0.3, -0.25) is 4.79 Å². The van der Waals surface area contributed by atoms with Crippen molar-refractivity contribution >= 4 is 18.0 Å². The van der Waals surface area contributed by atoms with Crippen LogP contribution in [0.4, 0.5) is 4.79 Å². The van der Waals surface area contributed by atoms with Crippen molar-refractivity contribution in [2.75, 3.05) is 28.4 Å². The molecule has 0 aliphatic rings. The highest BCUT2D eigenvalue weighted by Crippen LogP contribution is 2.39. The minimum atomic E-state index is -1.19. The molecule has 0 heterocycles. The summed E-state index contributed by atoms with van der Waals surface area (Å²) < 4.78 is 31.9. The summed E-state index contributed by atoms with van der Waals surface area (Å²) in [5.74, 6) is -0.0455. The van der Waals surface area contributed by atoms with Crippen molar-refractivity contribution in [2.24, 2.45) is 5.73 Å². The molecule has 2 rings (SSSR count). The number of amides is 1. The molecule has 0 aromatic heterocycles. The molecule has 0 aliphatic heterocycles. The van der Waals surface area contributed by atoms with Crippen LogP contribution in [0.5, 0.6) is 23.0 Å². The molecule has 0 unspecified atom stereocenters. The summed E-state index contributed by atoms with van der Waals surface area (Å²) in [4.78, 5) is 37.0. The van der Waals surface area contributed by atoms with E-state index < -0.39 is 35.7 Å². The molecule has 0 aliphatic carbocycles. The van der Waals surface area contributed by atoms with Gasteiger partial charge in [-0.25, -0.2) is 9.59 Å². The quantitative estimate of drug-likeness (QED) is 0.372. The lowest BCUT2D eigenvalue weighted by atomic mass is 10.0. The molecule has 202 valence electrons. The van der Waals surface area contributed by atoms with Crippen molar-refractivity contribution in [3.8, 4) is 23.0 Å². The van der Waals surface area contributed by atoms with E-state index in [-0.39, 0.29) is 5.75 Å². The molecule has 11 nitrogen and oxygen atoms in total. The van der Waals surface area contributed by atoms with Crippen molar-refractivity contribution < 1.29 is 42.8 Å². The Bertz CT molecular complexity index is 1140. The van der Waals surface area contributed by atoms with Crippen LogP contribution in [0.15, 0.2) is 30.3 Å². The highest BCUT2D eigenvalue weighted by Gasteiger charge is 2.28. The van der Waals surface area contributed by atoms with Gasteiger partial charge in [-0.15, -0.1) is 0 Å². The second-order valence-corrected chi connectivity index (χ2v) is 8.96. The largest absolute Gasteiger partial charge is 0.496 e. The number of methoxy groups -OCH3 is 4. The van der Waals surface area contributed by atoms with Gasteiger partial charge in [-0.2, -0.15) is 0 Å². The fourth-order valence-electron chi connectivity index (χ4n) is 3.34. The van der Waals surface area contributed by atoms with Gasteiger partial charge in [-0.1, -0.05) is 6.07 Å². The first kappa shape index (κ1) is 29.2. The van der Waals surface area contributed by atoms with E-state index in [0.29, 0.717) is 33.9 Å². The van der Waals surface area contributed by atoms with Gasteiger partial charge in [0.15, 0.2) is 17.5 Å². The van der Waals surface area contributed by atoms with Crippen molar-refractivity contribution in [2.45, 2.75) is 45.4 Å².